The molecular formula is C15H30N2O. The average Bonchev–Trinajstić information content (AvgIpc) is 2.60. The van der Waals surface area contributed by atoms with Crippen LogP contribution in [0, 0.1) is 11.8 Å². The maximum Gasteiger partial charge on any atom is 0.236 e. The topological polar surface area (TPSA) is 32.3 Å². The van der Waals surface area contributed by atoms with Crippen molar-refractivity contribution in [1.82, 2.24) is 10.2 Å². The third-order valence-corrected chi connectivity index (χ3v) is 4.40. The largest absolute Gasteiger partial charge is 0.345 e. The molecule has 2 unspecified atom stereocenters. The molecule has 0 aromatic heterocycles. The number of nitrogens with zero attached hydrogens (tertiary/aromatic N) is 1. The van der Waals surface area contributed by atoms with Crippen LogP contribution < -0.4 is 5.32 Å². The van der Waals surface area contributed by atoms with Crippen molar-refractivity contribution in [3.8, 4) is 0 Å². The molecule has 1 aliphatic rings. The van der Waals surface area contributed by atoms with E-state index >= 15 is 0 Å². The summed E-state index contributed by atoms with van der Waals surface area (Å²) in [6.45, 7) is 7.97. The van der Waals surface area contributed by atoms with Crippen LogP contribution in [0.1, 0.15) is 52.9 Å². The molecule has 0 heterocycles. The molecule has 18 heavy (non-hydrogen) atoms. The van der Waals surface area contributed by atoms with Crippen LogP contribution in [-0.4, -0.2) is 37.0 Å². The molecule has 3 nitrogen and oxygen atoms in total. The van der Waals surface area contributed by atoms with Gasteiger partial charge in [-0.1, -0.05) is 26.7 Å². The number of amides is 1. The van der Waals surface area contributed by atoms with Crippen molar-refractivity contribution >= 4 is 5.91 Å². The second-order valence-electron chi connectivity index (χ2n) is 6.00. The Kier molecular flexibility index (Phi) is 6.69. The highest BCUT2D eigenvalue weighted by molar-refractivity contribution is 5.77. The van der Waals surface area contributed by atoms with Gasteiger partial charge < -0.3 is 10.2 Å². The Morgan fingerprint density at radius 3 is 2.61 bits per heavy atom. The highest BCUT2D eigenvalue weighted by Gasteiger charge is 2.21. The Morgan fingerprint density at radius 1 is 1.28 bits per heavy atom. The highest BCUT2D eigenvalue weighted by Crippen LogP contribution is 2.28. The molecular weight excluding hydrogens is 224 g/mol. The SMILES string of the molecule is CCN(C)C(=O)CNC1CCCC(C(C)C)CC1. The summed E-state index contributed by atoms with van der Waals surface area (Å²) < 4.78 is 0. The van der Waals surface area contributed by atoms with Gasteiger partial charge in [-0.25, -0.2) is 0 Å². The molecule has 3 heteroatoms. The fraction of sp³-hybridized carbons (Fsp3) is 0.933. The predicted octanol–water partition coefficient (Wildman–Crippen LogP) is 2.66. The summed E-state index contributed by atoms with van der Waals surface area (Å²) in [6.07, 6.45) is 6.43. The summed E-state index contributed by atoms with van der Waals surface area (Å²) in [6, 6.07) is 0.544. The molecule has 2 atom stereocenters. The van der Waals surface area contributed by atoms with E-state index in [-0.39, 0.29) is 5.91 Å². The lowest BCUT2D eigenvalue weighted by atomic mass is 9.89. The van der Waals surface area contributed by atoms with Crippen LogP contribution in [0.15, 0.2) is 0 Å². The van der Waals surface area contributed by atoms with Crippen LogP contribution in [0.2, 0.25) is 0 Å². The van der Waals surface area contributed by atoms with Crippen molar-refractivity contribution in [1.29, 1.82) is 0 Å². The maximum absolute atomic E-state index is 11.7. The zero-order valence-electron chi connectivity index (χ0n) is 12.5. The molecule has 1 fully saturated rings. The van der Waals surface area contributed by atoms with E-state index in [1.807, 2.05) is 14.0 Å². The van der Waals surface area contributed by atoms with Crippen molar-refractivity contribution < 1.29 is 4.79 Å². The van der Waals surface area contributed by atoms with E-state index in [4.69, 9.17) is 0 Å². The fourth-order valence-electron chi connectivity index (χ4n) is 2.74. The van der Waals surface area contributed by atoms with Crippen molar-refractivity contribution in [3.05, 3.63) is 0 Å². The number of nitrogens with one attached hydrogen (secondary N) is 1. The lowest BCUT2D eigenvalue weighted by Gasteiger charge is -2.20. The lowest BCUT2D eigenvalue weighted by Crippen LogP contribution is -2.39. The normalized spacial score (nSPS) is 24.9. The van der Waals surface area contributed by atoms with Crippen molar-refractivity contribution in [3.63, 3.8) is 0 Å². The first-order valence-corrected chi connectivity index (χ1v) is 7.52. The first kappa shape index (κ1) is 15.5. The molecule has 1 rings (SSSR count). The molecule has 1 saturated carbocycles. The minimum absolute atomic E-state index is 0.210. The Balaban J connectivity index is 2.29. The molecule has 0 aromatic carbocycles. The fourth-order valence-corrected chi connectivity index (χ4v) is 2.74. The van der Waals surface area contributed by atoms with Gasteiger partial charge >= 0.3 is 0 Å². The van der Waals surface area contributed by atoms with E-state index in [1.54, 1.807) is 4.90 Å². The standard InChI is InChI=1S/C15H30N2O/c1-5-17(4)15(18)11-16-14-8-6-7-13(9-10-14)12(2)3/h12-14,16H,5-11H2,1-4H3. The van der Waals surface area contributed by atoms with Gasteiger partial charge in [0.15, 0.2) is 0 Å². The highest BCUT2D eigenvalue weighted by atomic mass is 16.2. The molecule has 0 aromatic rings. The summed E-state index contributed by atoms with van der Waals surface area (Å²) in [5, 5.41) is 3.44. The zero-order valence-corrected chi connectivity index (χ0v) is 12.5. The van der Waals surface area contributed by atoms with Crippen molar-refractivity contribution in [2.45, 2.75) is 58.9 Å². The quantitative estimate of drug-likeness (QED) is 0.765. The third kappa shape index (κ3) is 4.97. The van der Waals surface area contributed by atoms with Gasteiger partial charge in [0.05, 0.1) is 6.54 Å². The number of carbonyl (C=O) groups excluding carboxylic acids is 1. The minimum Gasteiger partial charge on any atom is -0.345 e. The van der Waals surface area contributed by atoms with Gasteiger partial charge in [0, 0.05) is 19.6 Å². The van der Waals surface area contributed by atoms with Crippen LogP contribution >= 0.6 is 0 Å². The van der Waals surface area contributed by atoms with Crippen LogP contribution in [-0.2, 0) is 4.79 Å². The lowest BCUT2D eigenvalue weighted by molar-refractivity contribution is -0.128. The van der Waals surface area contributed by atoms with Crippen LogP contribution in [0.25, 0.3) is 0 Å². The molecule has 0 saturated heterocycles. The zero-order chi connectivity index (χ0) is 13.5. The molecule has 0 spiro atoms. The summed E-state index contributed by atoms with van der Waals surface area (Å²) in [4.78, 5) is 13.5. The van der Waals surface area contributed by atoms with Gasteiger partial charge in [-0.05, 0) is 38.0 Å². The van der Waals surface area contributed by atoms with Gasteiger partial charge in [-0.3, -0.25) is 4.79 Å². The first-order valence-electron chi connectivity index (χ1n) is 7.52. The number of hydrogen-bond acceptors (Lipinski definition) is 2. The van der Waals surface area contributed by atoms with Gasteiger partial charge in [-0.15, -0.1) is 0 Å². The molecule has 0 bridgehead atoms. The first-order chi connectivity index (χ1) is 8.54. The molecule has 1 amide bonds. The Morgan fingerprint density at radius 2 is 2.00 bits per heavy atom. The van der Waals surface area contributed by atoms with E-state index in [2.05, 4.69) is 19.2 Å². The third-order valence-electron chi connectivity index (χ3n) is 4.40. The Hall–Kier alpha value is -0.570. The van der Waals surface area contributed by atoms with Crippen LogP contribution in [0.4, 0.5) is 0 Å². The maximum atomic E-state index is 11.7. The second kappa shape index (κ2) is 7.78. The Bertz CT molecular complexity index is 253. The summed E-state index contributed by atoms with van der Waals surface area (Å²) >= 11 is 0. The van der Waals surface area contributed by atoms with Crippen molar-refractivity contribution in [2.24, 2.45) is 11.8 Å². The monoisotopic (exact) mass is 254 g/mol. The van der Waals surface area contributed by atoms with Crippen LogP contribution in [0.5, 0.6) is 0 Å². The minimum atomic E-state index is 0.210. The summed E-state index contributed by atoms with van der Waals surface area (Å²) in [5.41, 5.74) is 0. The number of hydrogen-bond donors (Lipinski definition) is 1. The molecule has 1 aliphatic carbocycles. The van der Waals surface area contributed by atoms with E-state index in [0.29, 0.717) is 12.6 Å². The van der Waals surface area contributed by atoms with Gasteiger partial charge in [0.2, 0.25) is 5.91 Å². The van der Waals surface area contributed by atoms with Crippen LogP contribution in [0.3, 0.4) is 0 Å². The average molecular weight is 254 g/mol. The smallest absolute Gasteiger partial charge is 0.236 e. The number of likely N-dealkylation sites (N-methyl/N-ethyl adjacent to an activating group) is 1. The second-order valence-corrected chi connectivity index (χ2v) is 6.00. The number of carbonyl (C=O) groups is 1. The summed E-state index contributed by atoms with van der Waals surface area (Å²) in [5.74, 6) is 1.89. The van der Waals surface area contributed by atoms with Gasteiger partial charge in [0.25, 0.3) is 0 Å². The number of rotatable bonds is 5. The van der Waals surface area contributed by atoms with E-state index < -0.39 is 0 Å². The summed E-state index contributed by atoms with van der Waals surface area (Å²) in [7, 11) is 1.87. The molecule has 1 N–H and O–H groups in total. The van der Waals surface area contributed by atoms with E-state index in [0.717, 1.165) is 18.4 Å². The van der Waals surface area contributed by atoms with E-state index in [1.165, 1.54) is 32.1 Å². The predicted molar refractivity (Wildman–Crippen MR) is 76.5 cm³/mol. The van der Waals surface area contributed by atoms with Gasteiger partial charge in [0.1, 0.15) is 0 Å². The molecule has 0 radical (unpaired) electrons. The van der Waals surface area contributed by atoms with Crippen molar-refractivity contribution in [2.75, 3.05) is 20.1 Å². The molecule has 106 valence electrons. The molecule has 0 aliphatic heterocycles. The Labute approximate surface area is 112 Å². The van der Waals surface area contributed by atoms with E-state index in [9.17, 15) is 4.79 Å². The van der Waals surface area contributed by atoms with Gasteiger partial charge in [-0.2, -0.15) is 0 Å².